The van der Waals surface area contributed by atoms with Gasteiger partial charge in [0.1, 0.15) is 22.4 Å². The summed E-state index contributed by atoms with van der Waals surface area (Å²) < 4.78 is 11.1. The molecule has 6 nitrogen and oxygen atoms in total. The Morgan fingerprint density at radius 3 is 2.78 bits per heavy atom. The van der Waals surface area contributed by atoms with Crippen molar-refractivity contribution in [1.29, 1.82) is 0 Å². The van der Waals surface area contributed by atoms with Crippen molar-refractivity contribution in [1.82, 2.24) is 19.9 Å². The maximum Gasteiger partial charge on any atom is 0.227 e. The highest BCUT2D eigenvalue weighted by molar-refractivity contribution is 7.98. The lowest BCUT2D eigenvalue weighted by Crippen LogP contribution is -2.03. The van der Waals surface area contributed by atoms with Crippen LogP contribution in [-0.2, 0) is 0 Å². The molecule has 3 heterocycles. The highest BCUT2D eigenvalue weighted by Crippen LogP contribution is 2.45. The van der Waals surface area contributed by atoms with Crippen molar-refractivity contribution in [3.05, 3.63) is 23.8 Å². The Morgan fingerprint density at radius 2 is 2.09 bits per heavy atom. The molecule has 0 N–H and O–H groups in total. The van der Waals surface area contributed by atoms with E-state index < -0.39 is 0 Å². The Kier molecular flexibility index (Phi) is 3.45. The lowest BCUT2D eigenvalue weighted by molar-refractivity contribution is 0.397. The second kappa shape index (κ2) is 5.49. The summed E-state index contributed by atoms with van der Waals surface area (Å²) in [6.07, 6.45) is 7.51. The van der Waals surface area contributed by atoms with Crippen molar-refractivity contribution >= 4 is 22.9 Å². The molecule has 23 heavy (non-hydrogen) atoms. The fourth-order valence-corrected chi connectivity index (χ4v) is 3.18. The van der Waals surface area contributed by atoms with E-state index in [0.29, 0.717) is 17.6 Å². The Bertz CT molecular complexity index is 889. The lowest BCUT2D eigenvalue weighted by atomic mass is 10.1. The number of aromatic nitrogens is 4. The molecule has 7 heteroatoms. The molecule has 4 rings (SSSR count). The number of rotatable bonds is 4. The van der Waals surface area contributed by atoms with Crippen LogP contribution in [0.1, 0.15) is 30.0 Å². The monoisotopic (exact) mass is 328 g/mol. The first-order chi connectivity index (χ1) is 11.2. The van der Waals surface area contributed by atoms with Gasteiger partial charge in [0, 0.05) is 11.5 Å². The Hall–Kier alpha value is -2.15. The number of thioether (sulfide) groups is 1. The predicted octanol–water partition coefficient (Wildman–Crippen LogP) is 3.60. The third kappa shape index (κ3) is 2.35. The minimum Gasteiger partial charge on any atom is -0.480 e. The number of nitrogens with zero attached hydrogens (tertiary/aromatic N) is 4. The van der Waals surface area contributed by atoms with Crippen LogP contribution in [0.4, 0.5) is 0 Å². The van der Waals surface area contributed by atoms with Crippen molar-refractivity contribution in [2.45, 2.75) is 30.7 Å². The van der Waals surface area contributed by atoms with Gasteiger partial charge in [0.05, 0.1) is 19.1 Å². The maximum absolute atomic E-state index is 5.60. The summed E-state index contributed by atoms with van der Waals surface area (Å²) in [6, 6.07) is 0. The van der Waals surface area contributed by atoms with Crippen molar-refractivity contribution in [2.24, 2.45) is 0 Å². The van der Waals surface area contributed by atoms with Gasteiger partial charge >= 0.3 is 0 Å². The van der Waals surface area contributed by atoms with Crippen LogP contribution >= 0.6 is 11.8 Å². The summed E-state index contributed by atoms with van der Waals surface area (Å²) in [5.74, 6) is 1.57. The molecule has 0 unspecified atom stereocenters. The zero-order valence-corrected chi connectivity index (χ0v) is 14.0. The number of hydrogen-bond acceptors (Lipinski definition) is 7. The zero-order chi connectivity index (χ0) is 16.0. The Labute approximate surface area is 137 Å². The predicted molar refractivity (Wildman–Crippen MR) is 87.9 cm³/mol. The van der Waals surface area contributed by atoms with Crippen LogP contribution in [0.25, 0.3) is 22.5 Å². The third-order valence-electron chi connectivity index (χ3n) is 3.98. The molecule has 1 saturated carbocycles. The van der Waals surface area contributed by atoms with E-state index in [1.165, 1.54) is 11.8 Å². The molecule has 1 aliphatic rings. The average Bonchev–Trinajstić information content (AvgIpc) is 3.37. The van der Waals surface area contributed by atoms with E-state index in [1.807, 2.05) is 13.2 Å². The lowest BCUT2D eigenvalue weighted by Gasteiger charge is -2.11. The molecule has 0 aliphatic heterocycles. The summed E-state index contributed by atoms with van der Waals surface area (Å²) in [5, 5.41) is 0.811. The van der Waals surface area contributed by atoms with Gasteiger partial charge < -0.3 is 9.15 Å². The first kappa shape index (κ1) is 14.4. The van der Waals surface area contributed by atoms with Gasteiger partial charge in [0.15, 0.2) is 11.4 Å². The average molecular weight is 328 g/mol. The van der Waals surface area contributed by atoms with E-state index in [0.717, 1.165) is 45.8 Å². The molecule has 0 aromatic carbocycles. The second-order valence-electron chi connectivity index (χ2n) is 5.57. The van der Waals surface area contributed by atoms with Crippen LogP contribution in [0.2, 0.25) is 0 Å². The molecule has 0 radical (unpaired) electrons. The molecule has 0 atom stereocenters. The molecule has 118 valence electrons. The fourth-order valence-electron chi connectivity index (χ4n) is 2.67. The number of methoxy groups -OCH3 is 1. The zero-order valence-electron chi connectivity index (χ0n) is 13.2. The summed E-state index contributed by atoms with van der Waals surface area (Å²) >= 11 is 1.54. The van der Waals surface area contributed by atoms with Crippen molar-refractivity contribution in [3.8, 4) is 17.3 Å². The number of ether oxygens (including phenoxy) is 1. The van der Waals surface area contributed by atoms with E-state index in [4.69, 9.17) is 14.1 Å². The summed E-state index contributed by atoms with van der Waals surface area (Å²) in [6.45, 7) is 1.98. The van der Waals surface area contributed by atoms with Crippen LogP contribution in [0.15, 0.2) is 22.0 Å². The number of hydrogen-bond donors (Lipinski definition) is 0. The standard InChI is InChI=1S/C16H16N4O2S/c1-8-6-22-13-11(8)19-14(20-16(13)23-3)10-12(9-4-5-9)17-7-18-15(10)21-2/h6-7,9H,4-5H2,1-3H3. The van der Waals surface area contributed by atoms with Crippen molar-refractivity contribution in [3.63, 3.8) is 0 Å². The van der Waals surface area contributed by atoms with Gasteiger partial charge in [-0.3, -0.25) is 0 Å². The van der Waals surface area contributed by atoms with Crippen LogP contribution < -0.4 is 4.74 Å². The number of aryl methyl sites for hydroxylation is 1. The highest BCUT2D eigenvalue weighted by atomic mass is 32.2. The highest BCUT2D eigenvalue weighted by Gasteiger charge is 2.31. The second-order valence-corrected chi connectivity index (χ2v) is 6.37. The quantitative estimate of drug-likeness (QED) is 0.535. The van der Waals surface area contributed by atoms with E-state index in [2.05, 4.69) is 15.0 Å². The normalized spacial score (nSPS) is 14.4. The molecule has 0 saturated heterocycles. The topological polar surface area (TPSA) is 73.9 Å². The van der Waals surface area contributed by atoms with Gasteiger partial charge in [-0.05, 0) is 26.0 Å². The van der Waals surface area contributed by atoms with Gasteiger partial charge in [0.2, 0.25) is 5.88 Å². The van der Waals surface area contributed by atoms with Crippen LogP contribution in [-0.4, -0.2) is 33.3 Å². The third-order valence-corrected chi connectivity index (χ3v) is 4.64. The molecule has 3 aromatic rings. The van der Waals surface area contributed by atoms with Gasteiger partial charge in [-0.1, -0.05) is 0 Å². The summed E-state index contributed by atoms with van der Waals surface area (Å²) in [4.78, 5) is 18.1. The maximum atomic E-state index is 5.60. The molecule has 3 aromatic heterocycles. The van der Waals surface area contributed by atoms with Gasteiger partial charge in [-0.25, -0.2) is 19.9 Å². The smallest absolute Gasteiger partial charge is 0.227 e. The van der Waals surface area contributed by atoms with Crippen LogP contribution in [0.3, 0.4) is 0 Å². The molecular weight excluding hydrogens is 312 g/mol. The van der Waals surface area contributed by atoms with E-state index in [-0.39, 0.29) is 0 Å². The largest absolute Gasteiger partial charge is 0.480 e. The molecule has 0 spiro atoms. The van der Waals surface area contributed by atoms with Crippen molar-refractivity contribution < 1.29 is 9.15 Å². The Balaban J connectivity index is 2.00. The summed E-state index contributed by atoms with van der Waals surface area (Å²) in [5.41, 5.74) is 4.32. The summed E-state index contributed by atoms with van der Waals surface area (Å²) in [7, 11) is 1.61. The van der Waals surface area contributed by atoms with Crippen molar-refractivity contribution in [2.75, 3.05) is 13.4 Å². The van der Waals surface area contributed by atoms with Gasteiger partial charge in [-0.2, -0.15) is 0 Å². The molecule has 0 bridgehead atoms. The van der Waals surface area contributed by atoms with E-state index in [9.17, 15) is 0 Å². The first-order valence-electron chi connectivity index (χ1n) is 7.42. The van der Waals surface area contributed by atoms with Gasteiger partial charge in [0.25, 0.3) is 0 Å². The van der Waals surface area contributed by atoms with E-state index >= 15 is 0 Å². The molecule has 0 amide bonds. The molecule has 1 aliphatic carbocycles. The number of furan rings is 1. The Morgan fingerprint density at radius 1 is 1.26 bits per heavy atom. The minimum absolute atomic E-state index is 0.448. The van der Waals surface area contributed by atoms with E-state index in [1.54, 1.807) is 19.7 Å². The van der Waals surface area contributed by atoms with Crippen LogP contribution in [0.5, 0.6) is 5.88 Å². The molecular formula is C16H16N4O2S. The first-order valence-corrected chi connectivity index (χ1v) is 8.64. The minimum atomic E-state index is 0.448. The van der Waals surface area contributed by atoms with Crippen LogP contribution in [0, 0.1) is 6.92 Å². The fraction of sp³-hybridized carbons (Fsp3) is 0.375. The SMILES string of the molecule is COc1ncnc(C2CC2)c1-c1nc(SC)c2occ(C)c2n1. The molecule has 1 fully saturated rings. The van der Waals surface area contributed by atoms with Gasteiger partial charge in [-0.15, -0.1) is 11.8 Å². The number of fused-ring (bicyclic) bond motifs is 1.